The van der Waals surface area contributed by atoms with Crippen LogP contribution in [0.15, 0.2) is 0 Å². The topological polar surface area (TPSA) is 57.5 Å². The fraction of sp³-hybridized carbons (Fsp3) is 0. The summed E-state index contributed by atoms with van der Waals surface area (Å²) in [4.78, 5) is 15.2. The van der Waals surface area contributed by atoms with Gasteiger partial charge in [0.15, 0.2) is 0 Å². The first-order valence-corrected chi connectivity index (χ1v) is 4.07. The van der Waals surface area contributed by atoms with E-state index in [4.69, 9.17) is 9.79 Å². The van der Waals surface area contributed by atoms with Crippen molar-refractivity contribution in [2.45, 2.75) is 0 Å². The molecule has 1 unspecified atom stereocenters. The monoisotopic (exact) mass is 114 g/mol. The number of hydrogen-bond donors (Lipinski definition) is 2. The highest BCUT2D eigenvalue weighted by molar-refractivity contribution is 8.11. The van der Waals surface area contributed by atoms with Crippen LogP contribution in [0.5, 0.6) is 0 Å². The molecule has 0 aromatic carbocycles. The first kappa shape index (κ1) is 5.58. The summed E-state index contributed by atoms with van der Waals surface area (Å²) in [5, 5.41) is 0. The molecule has 0 aliphatic rings. The summed E-state index contributed by atoms with van der Waals surface area (Å²) in [5.41, 5.74) is 0. The highest BCUT2D eigenvalue weighted by Crippen LogP contribution is 2.43. The van der Waals surface area contributed by atoms with Gasteiger partial charge in [-0.05, 0) is 8.93 Å². The Morgan fingerprint density at radius 1 is 1.60 bits per heavy atom. The molecule has 0 amide bonds. The van der Waals surface area contributed by atoms with E-state index in [1.54, 1.807) is 0 Å². The maximum absolute atomic E-state index is 9.29. The largest absolute Gasteiger partial charge is 0.338 e. The molecule has 0 aromatic rings. The molecule has 0 spiro atoms. The van der Waals surface area contributed by atoms with Crippen molar-refractivity contribution < 1.29 is 14.4 Å². The van der Waals surface area contributed by atoms with Crippen molar-refractivity contribution in [3.05, 3.63) is 0 Å². The van der Waals surface area contributed by atoms with Crippen LogP contribution in [0, 0.1) is 0 Å². The molecule has 5 heavy (non-hydrogen) atoms. The third kappa shape index (κ3) is 90.6. The molecular weight excluding hydrogens is 110 g/mol. The van der Waals surface area contributed by atoms with Crippen molar-refractivity contribution in [1.82, 2.24) is 0 Å². The Hall–Kier alpha value is 0.580. The van der Waals surface area contributed by atoms with Crippen LogP contribution in [0.25, 0.3) is 0 Å². The van der Waals surface area contributed by atoms with E-state index in [0.717, 1.165) is 0 Å². The summed E-state index contributed by atoms with van der Waals surface area (Å²) < 4.78 is 9.29. The van der Waals surface area contributed by atoms with Crippen LogP contribution < -0.4 is 0 Å². The summed E-state index contributed by atoms with van der Waals surface area (Å²) in [5.74, 6) is 0. The predicted molar refractivity (Wildman–Crippen MR) is 21.8 cm³/mol. The number of rotatable bonds is 0. The van der Waals surface area contributed by atoms with E-state index >= 15 is 0 Å². The van der Waals surface area contributed by atoms with Gasteiger partial charge in [-0.15, -0.1) is 0 Å². The SMILES string of the molecule is O=P(O)(O)P. The lowest BCUT2D eigenvalue weighted by atomic mass is 15.8. The lowest BCUT2D eigenvalue weighted by Gasteiger charge is -1.84. The molecule has 0 radical (unpaired) electrons. The fourth-order valence-corrected chi connectivity index (χ4v) is 0. The molecule has 32 valence electrons. The average Bonchev–Trinajstić information content (AvgIpc) is 0.722. The molecule has 0 aromatic heterocycles. The van der Waals surface area contributed by atoms with Crippen molar-refractivity contribution >= 4 is 16.2 Å². The smallest absolute Gasteiger partial charge is 0.322 e. The summed E-state index contributed by atoms with van der Waals surface area (Å²) >= 11 is 0. The molecule has 0 bridgehead atoms. The zero-order valence-electron chi connectivity index (χ0n) is 2.33. The molecule has 0 saturated heterocycles. The summed E-state index contributed by atoms with van der Waals surface area (Å²) in [6.07, 6.45) is 0. The Morgan fingerprint density at radius 2 is 1.60 bits per heavy atom. The van der Waals surface area contributed by atoms with Gasteiger partial charge in [0.05, 0.1) is 0 Å². The van der Waals surface area contributed by atoms with Gasteiger partial charge >= 0.3 is 7.28 Å². The first-order valence-electron chi connectivity index (χ1n) is 0.841. The highest BCUT2D eigenvalue weighted by Gasteiger charge is 1.95. The molecule has 0 aliphatic carbocycles. The van der Waals surface area contributed by atoms with E-state index in [2.05, 4.69) is 0 Å². The van der Waals surface area contributed by atoms with E-state index in [9.17, 15) is 4.57 Å². The Bertz CT molecular complexity index is 51.0. The number of hydrogen-bond acceptors (Lipinski definition) is 1. The van der Waals surface area contributed by atoms with Crippen molar-refractivity contribution in [3.63, 3.8) is 0 Å². The van der Waals surface area contributed by atoms with Crippen LogP contribution in [-0.2, 0) is 4.57 Å². The van der Waals surface area contributed by atoms with Gasteiger partial charge in [0, 0.05) is 0 Å². The Labute approximate surface area is 31.7 Å². The third-order valence-electron chi connectivity index (χ3n) is 0. The van der Waals surface area contributed by atoms with Gasteiger partial charge in [-0.1, -0.05) is 0 Å². The summed E-state index contributed by atoms with van der Waals surface area (Å²) in [6.45, 7) is 0. The normalized spacial score (nSPS) is 11.8. The molecule has 5 heteroatoms. The lowest BCUT2D eigenvalue weighted by Crippen LogP contribution is -1.53. The second-order valence-electron chi connectivity index (χ2n) is 0.589. The van der Waals surface area contributed by atoms with Crippen molar-refractivity contribution in [2.75, 3.05) is 0 Å². The summed E-state index contributed by atoms with van der Waals surface area (Å²) in [6, 6.07) is 0. The van der Waals surface area contributed by atoms with E-state index in [1.165, 1.54) is 8.93 Å². The molecule has 3 nitrogen and oxygen atoms in total. The molecule has 0 heterocycles. The minimum absolute atomic E-state index is 1.38. The third-order valence-corrected chi connectivity index (χ3v) is 0. The predicted octanol–water partition coefficient (Wildman–Crippen LogP) is -0.0458. The minimum atomic E-state index is -3.72. The molecular formula is H4O3P2. The van der Waals surface area contributed by atoms with Crippen LogP contribution in [0.2, 0.25) is 0 Å². The van der Waals surface area contributed by atoms with Gasteiger partial charge in [-0.3, -0.25) is 4.57 Å². The quantitative estimate of drug-likeness (QED) is 0.434. The zero-order valence-corrected chi connectivity index (χ0v) is 4.38. The van der Waals surface area contributed by atoms with E-state index in [-0.39, 0.29) is 0 Å². The van der Waals surface area contributed by atoms with Crippen LogP contribution in [0.1, 0.15) is 0 Å². The minimum Gasteiger partial charge on any atom is -0.322 e. The van der Waals surface area contributed by atoms with E-state index in [0.29, 0.717) is 0 Å². The van der Waals surface area contributed by atoms with Crippen LogP contribution in [0.3, 0.4) is 0 Å². The molecule has 0 aliphatic heterocycles. The average molecular weight is 114 g/mol. The Morgan fingerprint density at radius 3 is 1.60 bits per heavy atom. The zero-order chi connectivity index (χ0) is 4.50. The van der Waals surface area contributed by atoms with Crippen LogP contribution in [0.4, 0.5) is 0 Å². The second-order valence-corrected chi connectivity index (χ2v) is 3.79. The van der Waals surface area contributed by atoms with Gasteiger partial charge in [0.2, 0.25) is 0 Å². The standard InChI is InChI=1S/H4O3P2/c1-5(2,3)4/h4H2,(H2,1,2,3). The molecule has 0 fully saturated rings. The Kier molecular flexibility index (Phi) is 1.51. The van der Waals surface area contributed by atoms with Gasteiger partial charge in [0.25, 0.3) is 0 Å². The van der Waals surface area contributed by atoms with Crippen molar-refractivity contribution in [2.24, 2.45) is 0 Å². The molecule has 0 saturated carbocycles. The van der Waals surface area contributed by atoms with Crippen molar-refractivity contribution in [1.29, 1.82) is 0 Å². The maximum Gasteiger partial charge on any atom is 0.338 e. The van der Waals surface area contributed by atoms with Crippen LogP contribution in [-0.4, -0.2) is 9.79 Å². The van der Waals surface area contributed by atoms with Gasteiger partial charge in [-0.2, -0.15) is 0 Å². The Balaban J connectivity index is 3.47. The van der Waals surface area contributed by atoms with Crippen LogP contribution >= 0.6 is 16.2 Å². The van der Waals surface area contributed by atoms with E-state index in [1.807, 2.05) is 0 Å². The molecule has 2 N–H and O–H groups in total. The highest BCUT2D eigenvalue weighted by atomic mass is 32.1. The molecule has 1 atom stereocenters. The second kappa shape index (κ2) is 1.36. The van der Waals surface area contributed by atoms with E-state index < -0.39 is 7.28 Å². The fourth-order valence-electron chi connectivity index (χ4n) is 0. The van der Waals surface area contributed by atoms with Gasteiger partial charge in [-0.25, -0.2) is 0 Å². The summed E-state index contributed by atoms with van der Waals surface area (Å²) in [7, 11) is -2.34. The molecule has 0 rings (SSSR count). The van der Waals surface area contributed by atoms with Gasteiger partial charge < -0.3 is 9.79 Å². The first-order chi connectivity index (χ1) is 2.00. The van der Waals surface area contributed by atoms with Gasteiger partial charge in [0.1, 0.15) is 0 Å². The lowest BCUT2D eigenvalue weighted by molar-refractivity contribution is 0.397. The maximum atomic E-state index is 9.29. The van der Waals surface area contributed by atoms with Crippen molar-refractivity contribution in [3.8, 4) is 0 Å².